The number of nitrogen functional groups attached to an aromatic ring is 1. The SMILES string of the molecule is CCc1nn(Cc2ccc(OC)cc2)c(N)c1C#N. The molecule has 0 unspecified atom stereocenters. The summed E-state index contributed by atoms with van der Waals surface area (Å²) >= 11 is 0. The smallest absolute Gasteiger partial charge is 0.140 e. The van der Waals surface area contributed by atoms with Crippen LogP contribution < -0.4 is 10.5 Å². The molecule has 1 heterocycles. The van der Waals surface area contributed by atoms with Gasteiger partial charge in [0, 0.05) is 0 Å². The number of rotatable bonds is 4. The van der Waals surface area contributed by atoms with E-state index in [2.05, 4.69) is 11.2 Å². The Morgan fingerprint density at radius 1 is 1.37 bits per heavy atom. The number of hydrogen-bond donors (Lipinski definition) is 1. The number of ether oxygens (including phenoxy) is 1. The number of nitriles is 1. The second-order valence-electron chi connectivity index (χ2n) is 4.18. The quantitative estimate of drug-likeness (QED) is 0.907. The third kappa shape index (κ3) is 2.52. The molecule has 0 atom stereocenters. The van der Waals surface area contributed by atoms with Gasteiger partial charge in [-0.1, -0.05) is 19.1 Å². The van der Waals surface area contributed by atoms with E-state index in [1.807, 2.05) is 31.2 Å². The molecule has 5 nitrogen and oxygen atoms in total. The standard InChI is InChI=1S/C14H16N4O/c1-3-13-12(8-15)14(16)18(17-13)9-10-4-6-11(19-2)7-5-10/h4-7H,3,9,16H2,1-2H3. The summed E-state index contributed by atoms with van der Waals surface area (Å²) in [6, 6.07) is 9.80. The van der Waals surface area contributed by atoms with Crippen molar-refractivity contribution in [2.45, 2.75) is 19.9 Å². The Bertz CT molecular complexity index is 608. The minimum atomic E-state index is 0.426. The third-order valence-corrected chi connectivity index (χ3v) is 3.00. The lowest BCUT2D eigenvalue weighted by Crippen LogP contribution is -2.06. The normalized spacial score (nSPS) is 10.2. The minimum absolute atomic E-state index is 0.426. The highest BCUT2D eigenvalue weighted by atomic mass is 16.5. The molecule has 0 aliphatic heterocycles. The molecule has 0 bridgehead atoms. The van der Waals surface area contributed by atoms with Crippen LogP contribution in [0.1, 0.15) is 23.7 Å². The predicted octanol–water partition coefficient (Wildman–Crippen LogP) is 1.96. The molecule has 5 heteroatoms. The van der Waals surface area contributed by atoms with Crippen LogP contribution in [0.3, 0.4) is 0 Å². The van der Waals surface area contributed by atoms with E-state index < -0.39 is 0 Å². The van der Waals surface area contributed by atoms with Crippen molar-refractivity contribution < 1.29 is 4.74 Å². The molecule has 98 valence electrons. The van der Waals surface area contributed by atoms with Gasteiger partial charge in [0.25, 0.3) is 0 Å². The lowest BCUT2D eigenvalue weighted by atomic mass is 10.2. The Morgan fingerprint density at radius 3 is 2.53 bits per heavy atom. The number of aromatic nitrogens is 2. The molecule has 0 amide bonds. The van der Waals surface area contributed by atoms with E-state index >= 15 is 0 Å². The fourth-order valence-electron chi connectivity index (χ4n) is 1.92. The Kier molecular flexibility index (Phi) is 3.71. The number of hydrogen-bond acceptors (Lipinski definition) is 4. The van der Waals surface area contributed by atoms with Gasteiger partial charge in [-0.3, -0.25) is 0 Å². The van der Waals surface area contributed by atoms with Gasteiger partial charge in [-0.2, -0.15) is 10.4 Å². The van der Waals surface area contributed by atoms with E-state index in [0.717, 1.165) is 17.0 Å². The van der Waals surface area contributed by atoms with Crippen LogP contribution in [0.15, 0.2) is 24.3 Å². The first-order valence-electron chi connectivity index (χ1n) is 6.07. The van der Waals surface area contributed by atoms with Crippen LogP contribution in [0, 0.1) is 11.3 Å². The first-order valence-corrected chi connectivity index (χ1v) is 6.07. The highest BCUT2D eigenvalue weighted by Crippen LogP contribution is 2.19. The topological polar surface area (TPSA) is 76.9 Å². The van der Waals surface area contributed by atoms with Crippen molar-refractivity contribution in [1.29, 1.82) is 5.26 Å². The van der Waals surface area contributed by atoms with Crippen molar-refractivity contribution in [2.75, 3.05) is 12.8 Å². The van der Waals surface area contributed by atoms with Crippen LogP contribution in [0.4, 0.5) is 5.82 Å². The summed E-state index contributed by atoms with van der Waals surface area (Å²) in [4.78, 5) is 0. The number of nitrogens with zero attached hydrogens (tertiary/aromatic N) is 3. The van der Waals surface area contributed by atoms with Crippen LogP contribution in [0.25, 0.3) is 0 Å². The predicted molar refractivity (Wildman–Crippen MR) is 72.8 cm³/mol. The van der Waals surface area contributed by atoms with Gasteiger partial charge < -0.3 is 10.5 Å². The summed E-state index contributed by atoms with van der Waals surface area (Å²) < 4.78 is 6.78. The van der Waals surface area contributed by atoms with Crippen LogP contribution >= 0.6 is 0 Å². The fourth-order valence-corrected chi connectivity index (χ4v) is 1.92. The van der Waals surface area contributed by atoms with Crippen molar-refractivity contribution in [1.82, 2.24) is 9.78 Å². The molecular formula is C14H16N4O. The molecule has 0 aliphatic rings. The van der Waals surface area contributed by atoms with Gasteiger partial charge in [-0.25, -0.2) is 4.68 Å². The number of benzene rings is 1. The Balaban J connectivity index is 2.28. The van der Waals surface area contributed by atoms with Gasteiger partial charge in [-0.15, -0.1) is 0 Å². The van der Waals surface area contributed by atoms with E-state index in [0.29, 0.717) is 24.3 Å². The molecule has 19 heavy (non-hydrogen) atoms. The molecule has 2 aromatic rings. The summed E-state index contributed by atoms with van der Waals surface area (Å²) in [5, 5.41) is 13.5. The maximum absolute atomic E-state index is 9.08. The van der Waals surface area contributed by atoms with Crippen molar-refractivity contribution in [3.8, 4) is 11.8 Å². The summed E-state index contributed by atoms with van der Waals surface area (Å²) in [7, 11) is 1.63. The van der Waals surface area contributed by atoms with Crippen molar-refractivity contribution >= 4 is 5.82 Å². The van der Waals surface area contributed by atoms with Crippen LogP contribution in [0.5, 0.6) is 5.75 Å². The van der Waals surface area contributed by atoms with E-state index in [4.69, 9.17) is 15.7 Å². The average molecular weight is 256 g/mol. The van der Waals surface area contributed by atoms with Gasteiger partial charge in [0.15, 0.2) is 0 Å². The highest BCUT2D eigenvalue weighted by Gasteiger charge is 2.13. The molecule has 0 saturated carbocycles. The molecule has 2 rings (SSSR count). The molecule has 1 aromatic heterocycles. The van der Waals surface area contributed by atoms with Gasteiger partial charge >= 0.3 is 0 Å². The van der Waals surface area contributed by atoms with Crippen molar-refractivity contribution in [3.05, 3.63) is 41.1 Å². The lowest BCUT2D eigenvalue weighted by molar-refractivity contribution is 0.414. The van der Waals surface area contributed by atoms with Gasteiger partial charge in [0.1, 0.15) is 23.2 Å². The molecule has 0 radical (unpaired) electrons. The summed E-state index contributed by atoms with van der Waals surface area (Å²) in [6.45, 7) is 2.50. The summed E-state index contributed by atoms with van der Waals surface area (Å²) in [6.07, 6.45) is 0.697. The van der Waals surface area contributed by atoms with Gasteiger partial charge in [0.05, 0.1) is 19.3 Å². The fraction of sp³-hybridized carbons (Fsp3) is 0.286. The minimum Gasteiger partial charge on any atom is -0.497 e. The van der Waals surface area contributed by atoms with E-state index in [1.165, 1.54) is 0 Å². The van der Waals surface area contributed by atoms with Gasteiger partial charge in [0.2, 0.25) is 0 Å². The first kappa shape index (κ1) is 13.0. The van der Waals surface area contributed by atoms with Gasteiger partial charge in [-0.05, 0) is 24.1 Å². The molecule has 0 fully saturated rings. The molecule has 1 aromatic carbocycles. The van der Waals surface area contributed by atoms with E-state index in [9.17, 15) is 0 Å². The second kappa shape index (κ2) is 5.44. The number of aryl methyl sites for hydroxylation is 1. The second-order valence-corrected chi connectivity index (χ2v) is 4.18. The van der Waals surface area contributed by atoms with Crippen molar-refractivity contribution in [3.63, 3.8) is 0 Å². The molecular weight excluding hydrogens is 240 g/mol. The largest absolute Gasteiger partial charge is 0.497 e. The maximum atomic E-state index is 9.08. The number of nitrogens with two attached hydrogens (primary N) is 1. The molecule has 2 N–H and O–H groups in total. The van der Waals surface area contributed by atoms with Crippen LogP contribution in [0.2, 0.25) is 0 Å². The van der Waals surface area contributed by atoms with E-state index in [-0.39, 0.29) is 0 Å². The monoisotopic (exact) mass is 256 g/mol. The Hall–Kier alpha value is -2.48. The Labute approximate surface area is 112 Å². The third-order valence-electron chi connectivity index (χ3n) is 3.00. The van der Waals surface area contributed by atoms with Crippen LogP contribution in [-0.4, -0.2) is 16.9 Å². The Morgan fingerprint density at radius 2 is 2.05 bits per heavy atom. The van der Waals surface area contributed by atoms with Crippen LogP contribution in [-0.2, 0) is 13.0 Å². The molecule has 0 saturated heterocycles. The maximum Gasteiger partial charge on any atom is 0.140 e. The number of anilines is 1. The lowest BCUT2D eigenvalue weighted by Gasteiger charge is -2.05. The highest BCUT2D eigenvalue weighted by molar-refractivity contribution is 5.52. The zero-order valence-electron chi connectivity index (χ0n) is 11.1. The number of methoxy groups -OCH3 is 1. The first-order chi connectivity index (χ1) is 9.19. The zero-order valence-corrected chi connectivity index (χ0v) is 11.1. The van der Waals surface area contributed by atoms with E-state index in [1.54, 1.807) is 11.8 Å². The van der Waals surface area contributed by atoms with Crippen molar-refractivity contribution in [2.24, 2.45) is 0 Å². The zero-order chi connectivity index (χ0) is 13.8. The summed E-state index contributed by atoms with van der Waals surface area (Å²) in [5.74, 6) is 1.24. The molecule has 0 spiro atoms. The molecule has 0 aliphatic carbocycles. The summed E-state index contributed by atoms with van der Waals surface area (Å²) in [5.41, 5.74) is 8.23. The average Bonchev–Trinajstić information content (AvgIpc) is 2.75.